The van der Waals surface area contributed by atoms with Gasteiger partial charge in [0.25, 0.3) is 0 Å². The number of para-hydroxylation sites is 1. The van der Waals surface area contributed by atoms with Gasteiger partial charge in [0, 0.05) is 31.4 Å². The van der Waals surface area contributed by atoms with Crippen molar-refractivity contribution in [2.75, 3.05) is 37.7 Å². The monoisotopic (exact) mass is 260 g/mol. The molecule has 0 spiro atoms. The molecule has 104 valence electrons. The molecule has 1 N–H and O–H groups in total. The number of fused-ring (bicyclic) bond motifs is 1. The first kappa shape index (κ1) is 12.9. The SMILES string of the molecule is OC[C@H]1CCCN1CCN1CCCc2ccccc21. The predicted molar refractivity (Wildman–Crippen MR) is 78.7 cm³/mol. The minimum atomic E-state index is 0.316. The fourth-order valence-electron chi connectivity index (χ4n) is 3.49. The highest BCUT2D eigenvalue weighted by Gasteiger charge is 2.24. The first-order valence-electron chi connectivity index (χ1n) is 7.56. The molecule has 3 rings (SSSR count). The van der Waals surface area contributed by atoms with Crippen LogP contribution in [0.4, 0.5) is 5.69 Å². The third-order valence-electron chi connectivity index (χ3n) is 4.57. The lowest BCUT2D eigenvalue weighted by Gasteiger charge is -2.33. The van der Waals surface area contributed by atoms with Crippen LogP contribution in [0.15, 0.2) is 24.3 Å². The summed E-state index contributed by atoms with van der Waals surface area (Å²) in [6, 6.07) is 9.20. The van der Waals surface area contributed by atoms with E-state index in [1.165, 1.54) is 37.1 Å². The van der Waals surface area contributed by atoms with Crippen LogP contribution in [0.3, 0.4) is 0 Å². The zero-order valence-corrected chi connectivity index (χ0v) is 11.6. The molecule has 1 atom stereocenters. The molecule has 3 nitrogen and oxygen atoms in total. The third-order valence-corrected chi connectivity index (χ3v) is 4.57. The summed E-state index contributed by atoms with van der Waals surface area (Å²) in [6.45, 7) is 4.82. The summed E-state index contributed by atoms with van der Waals surface area (Å²) in [5.41, 5.74) is 2.92. The van der Waals surface area contributed by atoms with Crippen LogP contribution < -0.4 is 4.90 Å². The fraction of sp³-hybridized carbons (Fsp3) is 0.625. The van der Waals surface area contributed by atoms with E-state index in [-0.39, 0.29) is 0 Å². The van der Waals surface area contributed by atoms with Crippen molar-refractivity contribution < 1.29 is 5.11 Å². The summed E-state index contributed by atoms with van der Waals surface area (Å²) in [5.74, 6) is 0. The number of aryl methyl sites for hydroxylation is 1. The number of aliphatic hydroxyl groups is 1. The first-order valence-corrected chi connectivity index (χ1v) is 7.56. The molecule has 0 unspecified atom stereocenters. The second-order valence-corrected chi connectivity index (χ2v) is 5.73. The van der Waals surface area contributed by atoms with Crippen LogP contribution in [-0.4, -0.2) is 48.8 Å². The van der Waals surface area contributed by atoms with Gasteiger partial charge in [0.05, 0.1) is 6.61 Å². The number of nitrogens with zero attached hydrogens (tertiary/aromatic N) is 2. The number of rotatable bonds is 4. The Kier molecular flexibility index (Phi) is 4.04. The summed E-state index contributed by atoms with van der Waals surface area (Å²) in [5, 5.41) is 9.38. The molecule has 0 aromatic heterocycles. The molecular weight excluding hydrogens is 236 g/mol. The van der Waals surface area contributed by atoms with Crippen LogP contribution in [0.25, 0.3) is 0 Å². The van der Waals surface area contributed by atoms with Gasteiger partial charge in [-0.05, 0) is 43.9 Å². The Balaban J connectivity index is 1.62. The van der Waals surface area contributed by atoms with Crippen LogP contribution in [0.1, 0.15) is 24.8 Å². The van der Waals surface area contributed by atoms with E-state index in [1.807, 2.05) is 0 Å². The molecule has 1 aromatic carbocycles. The summed E-state index contributed by atoms with van der Waals surface area (Å²) >= 11 is 0. The fourth-order valence-corrected chi connectivity index (χ4v) is 3.49. The largest absolute Gasteiger partial charge is 0.395 e. The van der Waals surface area contributed by atoms with E-state index in [2.05, 4.69) is 34.1 Å². The number of likely N-dealkylation sites (tertiary alicyclic amines) is 1. The van der Waals surface area contributed by atoms with Crippen molar-refractivity contribution in [1.29, 1.82) is 0 Å². The van der Waals surface area contributed by atoms with Gasteiger partial charge >= 0.3 is 0 Å². The van der Waals surface area contributed by atoms with Crippen molar-refractivity contribution in [3.63, 3.8) is 0 Å². The molecule has 1 saturated heterocycles. The molecule has 0 radical (unpaired) electrons. The molecule has 1 aromatic rings. The lowest BCUT2D eigenvalue weighted by atomic mass is 10.0. The van der Waals surface area contributed by atoms with Gasteiger partial charge in [0.1, 0.15) is 0 Å². The van der Waals surface area contributed by atoms with Gasteiger partial charge in [0.2, 0.25) is 0 Å². The Hall–Kier alpha value is -1.06. The normalized spacial score (nSPS) is 23.6. The standard InChI is InChI=1S/C16H24N2O/c19-13-15-7-4-9-17(15)11-12-18-10-3-6-14-5-1-2-8-16(14)18/h1-2,5,8,15,19H,3-4,6-7,9-13H2/t15-/m1/s1. The van der Waals surface area contributed by atoms with Gasteiger partial charge in [0.15, 0.2) is 0 Å². The van der Waals surface area contributed by atoms with Crippen LogP contribution >= 0.6 is 0 Å². The molecule has 2 heterocycles. The van der Waals surface area contributed by atoms with Crippen molar-refractivity contribution in [2.24, 2.45) is 0 Å². The zero-order valence-electron chi connectivity index (χ0n) is 11.6. The summed E-state index contributed by atoms with van der Waals surface area (Å²) in [4.78, 5) is 4.98. The van der Waals surface area contributed by atoms with E-state index in [1.54, 1.807) is 0 Å². The molecular formula is C16H24N2O. The Bertz CT molecular complexity index is 421. The van der Waals surface area contributed by atoms with Crippen molar-refractivity contribution >= 4 is 5.69 Å². The molecule has 19 heavy (non-hydrogen) atoms. The van der Waals surface area contributed by atoms with E-state index < -0.39 is 0 Å². The Morgan fingerprint density at radius 2 is 2.00 bits per heavy atom. The average molecular weight is 260 g/mol. The van der Waals surface area contributed by atoms with Gasteiger partial charge < -0.3 is 10.0 Å². The molecule has 3 heteroatoms. The number of aliphatic hydroxyl groups excluding tert-OH is 1. The van der Waals surface area contributed by atoms with Crippen molar-refractivity contribution in [2.45, 2.75) is 31.7 Å². The second kappa shape index (κ2) is 5.93. The van der Waals surface area contributed by atoms with Crippen LogP contribution in [0, 0.1) is 0 Å². The number of hydrogen-bond donors (Lipinski definition) is 1. The van der Waals surface area contributed by atoms with Gasteiger partial charge in [-0.1, -0.05) is 18.2 Å². The first-order chi connectivity index (χ1) is 9.38. The number of benzene rings is 1. The molecule has 0 amide bonds. The van der Waals surface area contributed by atoms with E-state index in [9.17, 15) is 5.11 Å². The second-order valence-electron chi connectivity index (χ2n) is 5.73. The van der Waals surface area contributed by atoms with E-state index >= 15 is 0 Å². The lowest BCUT2D eigenvalue weighted by molar-refractivity contribution is 0.161. The van der Waals surface area contributed by atoms with E-state index in [4.69, 9.17) is 0 Å². The predicted octanol–water partition coefficient (Wildman–Crippen LogP) is 1.90. The van der Waals surface area contributed by atoms with E-state index in [0.717, 1.165) is 26.1 Å². The van der Waals surface area contributed by atoms with Crippen LogP contribution in [-0.2, 0) is 6.42 Å². The minimum Gasteiger partial charge on any atom is -0.395 e. The third kappa shape index (κ3) is 2.77. The number of anilines is 1. The lowest BCUT2D eigenvalue weighted by Crippen LogP contribution is -2.40. The molecule has 0 saturated carbocycles. The topological polar surface area (TPSA) is 26.7 Å². The van der Waals surface area contributed by atoms with Crippen LogP contribution in [0.2, 0.25) is 0 Å². The van der Waals surface area contributed by atoms with Crippen molar-refractivity contribution in [3.05, 3.63) is 29.8 Å². The maximum atomic E-state index is 9.38. The molecule has 1 fully saturated rings. The Labute approximate surface area is 115 Å². The molecule has 2 aliphatic heterocycles. The van der Waals surface area contributed by atoms with Crippen LogP contribution in [0.5, 0.6) is 0 Å². The van der Waals surface area contributed by atoms with Crippen molar-refractivity contribution in [1.82, 2.24) is 4.90 Å². The highest BCUT2D eigenvalue weighted by Crippen LogP contribution is 2.26. The molecule has 2 aliphatic rings. The number of hydrogen-bond acceptors (Lipinski definition) is 3. The Morgan fingerprint density at radius 1 is 1.11 bits per heavy atom. The maximum absolute atomic E-state index is 9.38. The zero-order chi connectivity index (χ0) is 13.1. The summed E-state index contributed by atoms with van der Waals surface area (Å²) in [7, 11) is 0. The minimum absolute atomic E-state index is 0.316. The maximum Gasteiger partial charge on any atom is 0.0586 e. The average Bonchev–Trinajstić information content (AvgIpc) is 2.92. The summed E-state index contributed by atoms with van der Waals surface area (Å²) in [6.07, 6.45) is 4.88. The smallest absolute Gasteiger partial charge is 0.0586 e. The summed E-state index contributed by atoms with van der Waals surface area (Å²) < 4.78 is 0. The highest BCUT2D eigenvalue weighted by molar-refractivity contribution is 5.55. The van der Waals surface area contributed by atoms with Crippen molar-refractivity contribution in [3.8, 4) is 0 Å². The molecule has 0 aliphatic carbocycles. The van der Waals surface area contributed by atoms with Gasteiger partial charge in [-0.3, -0.25) is 4.90 Å². The van der Waals surface area contributed by atoms with E-state index in [0.29, 0.717) is 12.6 Å². The van der Waals surface area contributed by atoms with Gasteiger partial charge in [-0.25, -0.2) is 0 Å². The highest BCUT2D eigenvalue weighted by atomic mass is 16.3. The quantitative estimate of drug-likeness (QED) is 0.895. The van der Waals surface area contributed by atoms with Gasteiger partial charge in [-0.2, -0.15) is 0 Å². The Morgan fingerprint density at radius 3 is 2.89 bits per heavy atom. The van der Waals surface area contributed by atoms with Gasteiger partial charge in [-0.15, -0.1) is 0 Å². The molecule has 0 bridgehead atoms.